The van der Waals surface area contributed by atoms with Crippen LogP contribution in [-0.2, 0) is 12.8 Å². The third-order valence-electron chi connectivity index (χ3n) is 2.13. The molecule has 1 atom stereocenters. The molecular weight excluding hydrogens is 282 g/mol. The van der Waals surface area contributed by atoms with Crippen LogP contribution >= 0.6 is 32.9 Å². The van der Waals surface area contributed by atoms with Gasteiger partial charge in [0.2, 0.25) is 0 Å². The first-order chi connectivity index (χ1) is 5.25. The fourth-order valence-corrected chi connectivity index (χ4v) is 2.03. The zero-order valence-electron chi connectivity index (χ0n) is 6.59. The highest BCUT2D eigenvalue weighted by Gasteiger charge is 2.17. The molecule has 66 valence electrons. The SMILES string of the molecule is Br.NC1Cc2ccc(Br)cc2C1. The number of halogens is 2. The van der Waals surface area contributed by atoms with Crippen LogP contribution in [-0.4, -0.2) is 6.04 Å². The van der Waals surface area contributed by atoms with Crippen molar-refractivity contribution in [3.63, 3.8) is 0 Å². The Morgan fingerprint density at radius 1 is 1.25 bits per heavy atom. The highest BCUT2D eigenvalue weighted by atomic mass is 79.9. The Morgan fingerprint density at radius 2 is 1.92 bits per heavy atom. The van der Waals surface area contributed by atoms with E-state index in [1.807, 2.05) is 0 Å². The topological polar surface area (TPSA) is 26.0 Å². The van der Waals surface area contributed by atoms with Gasteiger partial charge in [0.15, 0.2) is 0 Å². The van der Waals surface area contributed by atoms with Crippen LogP contribution in [0.4, 0.5) is 0 Å². The monoisotopic (exact) mass is 291 g/mol. The van der Waals surface area contributed by atoms with E-state index in [9.17, 15) is 0 Å². The van der Waals surface area contributed by atoms with Crippen molar-refractivity contribution in [3.05, 3.63) is 33.8 Å². The Morgan fingerprint density at radius 3 is 2.67 bits per heavy atom. The van der Waals surface area contributed by atoms with Gasteiger partial charge >= 0.3 is 0 Å². The zero-order chi connectivity index (χ0) is 7.84. The second-order valence-electron chi connectivity index (χ2n) is 3.08. The van der Waals surface area contributed by atoms with Crippen molar-refractivity contribution in [2.75, 3.05) is 0 Å². The van der Waals surface area contributed by atoms with E-state index in [1.54, 1.807) is 0 Å². The van der Waals surface area contributed by atoms with Crippen LogP contribution in [0, 0.1) is 0 Å². The van der Waals surface area contributed by atoms with E-state index in [2.05, 4.69) is 34.1 Å². The predicted octanol–water partition coefficient (Wildman–Crippen LogP) is 2.45. The van der Waals surface area contributed by atoms with Gasteiger partial charge in [-0.15, -0.1) is 17.0 Å². The first-order valence-electron chi connectivity index (χ1n) is 3.78. The molecule has 0 radical (unpaired) electrons. The van der Waals surface area contributed by atoms with E-state index in [0.717, 1.165) is 17.3 Å². The Bertz CT molecular complexity index is 286. The summed E-state index contributed by atoms with van der Waals surface area (Å²) in [7, 11) is 0. The summed E-state index contributed by atoms with van der Waals surface area (Å²) in [5.74, 6) is 0. The molecule has 0 saturated heterocycles. The minimum atomic E-state index is 0. The molecule has 0 saturated carbocycles. The van der Waals surface area contributed by atoms with Crippen LogP contribution in [0.1, 0.15) is 11.1 Å². The van der Waals surface area contributed by atoms with Crippen LogP contribution in [0.2, 0.25) is 0 Å². The molecule has 1 aliphatic carbocycles. The zero-order valence-corrected chi connectivity index (χ0v) is 9.89. The maximum atomic E-state index is 5.82. The van der Waals surface area contributed by atoms with E-state index in [0.29, 0.717) is 6.04 Å². The fraction of sp³-hybridized carbons (Fsp3) is 0.333. The maximum absolute atomic E-state index is 5.82. The van der Waals surface area contributed by atoms with Crippen LogP contribution in [0.3, 0.4) is 0 Å². The molecule has 2 rings (SSSR count). The number of hydrogen-bond donors (Lipinski definition) is 1. The lowest BCUT2D eigenvalue weighted by molar-refractivity contribution is 0.721. The lowest BCUT2D eigenvalue weighted by atomic mass is 10.1. The van der Waals surface area contributed by atoms with Crippen LogP contribution in [0.15, 0.2) is 22.7 Å². The third-order valence-corrected chi connectivity index (χ3v) is 2.63. The maximum Gasteiger partial charge on any atom is 0.0178 e. The van der Waals surface area contributed by atoms with Gasteiger partial charge in [0.25, 0.3) is 0 Å². The van der Waals surface area contributed by atoms with Gasteiger partial charge < -0.3 is 5.73 Å². The van der Waals surface area contributed by atoms with Crippen molar-refractivity contribution < 1.29 is 0 Å². The molecular formula is C9H11Br2N. The normalized spacial score (nSPS) is 20.0. The molecule has 0 amide bonds. The van der Waals surface area contributed by atoms with Crippen molar-refractivity contribution in [2.45, 2.75) is 18.9 Å². The van der Waals surface area contributed by atoms with Gasteiger partial charge in [-0.1, -0.05) is 22.0 Å². The molecule has 1 aliphatic rings. The van der Waals surface area contributed by atoms with E-state index in [1.165, 1.54) is 11.1 Å². The number of nitrogens with two attached hydrogens (primary N) is 1. The van der Waals surface area contributed by atoms with E-state index in [-0.39, 0.29) is 17.0 Å². The first-order valence-corrected chi connectivity index (χ1v) is 4.58. The van der Waals surface area contributed by atoms with Gasteiger partial charge in [0.05, 0.1) is 0 Å². The predicted molar refractivity (Wildman–Crippen MR) is 59.8 cm³/mol. The van der Waals surface area contributed by atoms with Crippen LogP contribution in [0.25, 0.3) is 0 Å². The minimum absolute atomic E-state index is 0. The van der Waals surface area contributed by atoms with E-state index in [4.69, 9.17) is 5.73 Å². The van der Waals surface area contributed by atoms with Gasteiger partial charge in [0.1, 0.15) is 0 Å². The molecule has 0 spiro atoms. The molecule has 0 aliphatic heterocycles. The molecule has 2 N–H and O–H groups in total. The standard InChI is InChI=1S/C9H10BrN.BrH/c10-8-2-1-6-4-9(11)5-7(6)3-8;/h1-3,9H,4-5,11H2;1H. The quantitative estimate of drug-likeness (QED) is 0.781. The number of hydrogen-bond acceptors (Lipinski definition) is 1. The lowest BCUT2D eigenvalue weighted by Crippen LogP contribution is -2.18. The summed E-state index contributed by atoms with van der Waals surface area (Å²) in [5, 5.41) is 0. The van der Waals surface area contributed by atoms with Gasteiger partial charge in [-0.05, 0) is 36.1 Å². The number of rotatable bonds is 0. The van der Waals surface area contributed by atoms with Gasteiger partial charge in [0, 0.05) is 10.5 Å². The molecule has 1 unspecified atom stereocenters. The van der Waals surface area contributed by atoms with Gasteiger partial charge in [-0.25, -0.2) is 0 Å². The number of benzene rings is 1. The highest BCUT2D eigenvalue weighted by molar-refractivity contribution is 9.10. The average Bonchev–Trinajstić information content (AvgIpc) is 2.27. The van der Waals surface area contributed by atoms with Gasteiger partial charge in [-0.3, -0.25) is 0 Å². The summed E-state index contributed by atoms with van der Waals surface area (Å²) in [6.45, 7) is 0. The molecule has 0 bridgehead atoms. The molecule has 0 heterocycles. The average molecular weight is 293 g/mol. The van der Waals surface area contributed by atoms with Crippen molar-refractivity contribution in [1.82, 2.24) is 0 Å². The summed E-state index contributed by atoms with van der Waals surface area (Å²) in [5.41, 5.74) is 8.65. The summed E-state index contributed by atoms with van der Waals surface area (Å²) in [6, 6.07) is 6.75. The van der Waals surface area contributed by atoms with E-state index < -0.39 is 0 Å². The molecule has 0 aromatic heterocycles. The van der Waals surface area contributed by atoms with Crippen LogP contribution in [0.5, 0.6) is 0 Å². The minimum Gasteiger partial charge on any atom is -0.327 e. The Hall–Kier alpha value is 0.140. The largest absolute Gasteiger partial charge is 0.327 e. The van der Waals surface area contributed by atoms with Crippen LogP contribution < -0.4 is 5.73 Å². The Labute approximate surface area is 91.2 Å². The molecule has 1 aromatic carbocycles. The first kappa shape index (κ1) is 10.2. The van der Waals surface area contributed by atoms with Crippen molar-refractivity contribution >= 4 is 32.9 Å². The highest BCUT2D eigenvalue weighted by Crippen LogP contribution is 2.24. The van der Waals surface area contributed by atoms with Gasteiger partial charge in [-0.2, -0.15) is 0 Å². The third kappa shape index (κ3) is 1.90. The molecule has 0 fully saturated rings. The summed E-state index contributed by atoms with van der Waals surface area (Å²) in [4.78, 5) is 0. The van der Waals surface area contributed by atoms with E-state index >= 15 is 0 Å². The molecule has 3 heteroatoms. The molecule has 12 heavy (non-hydrogen) atoms. The van der Waals surface area contributed by atoms with Crippen molar-refractivity contribution in [1.29, 1.82) is 0 Å². The van der Waals surface area contributed by atoms with Crippen molar-refractivity contribution in [3.8, 4) is 0 Å². The molecule has 1 nitrogen and oxygen atoms in total. The number of fused-ring (bicyclic) bond motifs is 1. The summed E-state index contributed by atoms with van der Waals surface area (Å²) in [6.07, 6.45) is 2.08. The lowest BCUT2D eigenvalue weighted by Gasteiger charge is -1.96. The smallest absolute Gasteiger partial charge is 0.0178 e. The van der Waals surface area contributed by atoms with Crippen molar-refractivity contribution in [2.24, 2.45) is 5.73 Å². The Balaban J connectivity index is 0.000000720. The molecule has 1 aromatic rings. The second kappa shape index (κ2) is 3.90. The Kier molecular flexibility index (Phi) is 3.32. The second-order valence-corrected chi connectivity index (χ2v) is 4.00. The fourth-order valence-electron chi connectivity index (χ4n) is 1.62. The summed E-state index contributed by atoms with van der Waals surface area (Å²) < 4.78 is 1.16. The summed E-state index contributed by atoms with van der Waals surface area (Å²) >= 11 is 3.44.